The lowest BCUT2D eigenvalue weighted by atomic mass is 9.78. The van der Waals surface area contributed by atoms with Crippen LogP contribution in [0, 0.1) is 17.7 Å². The largest absolute Gasteiger partial charge is 0.349 e. The van der Waals surface area contributed by atoms with E-state index in [1.807, 2.05) is 0 Å². The summed E-state index contributed by atoms with van der Waals surface area (Å²) >= 11 is 0. The lowest BCUT2D eigenvalue weighted by molar-refractivity contribution is 0.0887. The molecule has 2 nitrogen and oxygen atoms in total. The summed E-state index contributed by atoms with van der Waals surface area (Å²) in [6.45, 7) is 4.38. The molecule has 0 saturated heterocycles. The fraction of sp³-hybridized carbons (Fsp3) is 0.533. The molecule has 1 N–H and O–H groups in total. The number of hydrogen-bond donors (Lipinski definition) is 1. The smallest absolute Gasteiger partial charge is 0.254 e. The molecule has 1 fully saturated rings. The van der Waals surface area contributed by atoms with E-state index in [1.54, 1.807) is 12.1 Å². The Kier molecular flexibility index (Phi) is 4.00. The van der Waals surface area contributed by atoms with E-state index in [2.05, 4.69) is 19.2 Å². The van der Waals surface area contributed by atoms with Gasteiger partial charge >= 0.3 is 0 Å². The van der Waals surface area contributed by atoms with E-state index in [0.29, 0.717) is 11.8 Å². The van der Waals surface area contributed by atoms with Gasteiger partial charge in [0.2, 0.25) is 0 Å². The molecule has 0 radical (unpaired) electrons. The molecule has 1 amide bonds. The van der Waals surface area contributed by atoms with Crippen LogP contribution < -0.4 is 5.32 Å². The minimum atomic E-state index is -0.452. The van der Waals surface area contributed by atoms with Gasteiger partial charge in [0.1, 0.15) is 5.82 Å². The highest BCUT2D eigenvalue weighted by Crippen LogP contribution is 2.29. The predicted octanol–water partition coefficient (Wildman–Crippen LogP) is 3.38. The lowest BCUT2D eigenvalue weighted by Crippen LogP contribution is -2.43. The minimum Gasteiger partial charge on any atom is -0.349 e. The van der Waals surface area contributed by atoms with Crippen LogP contribution in [0.2, 0.25) is 0 Å². The van der Waals surface area contributed by atoms with E-state index in [4.69, 9.17) is 0 Å². The number of rotatable bonds is 2. The summed E-state index contributed by atoms with van der Waals surface area (Å²) in [4.78, 5) is 12.0. The summed E-state index contributed by atoms with van der Waals surface area (Å²) in [6, 6.07) is 6.30. The first-order valence-corrected chi connectivity index (χ1v) is 6.65. The Labute approximate surface area is 108 Å². The molecule has 18 heavy (non-hydrogen) atoms. The maximum absolute atomic E-state index is 13.5. The zero-order valence-electron chi connectivity index (χ0n) is 10.9. The first-order valence-electron chi connectivity index (χ1n) is 6.65. The Morgan fingerprint density at radius 1 is 1.28 bits per heavy atom. The monoisotopic (exact) mass is 249 g/mol. The molecule has 1 aromatic rings. The van der Waals surface area contributed by atoms with Crippen molar-refractivity contribution in [2.24, 2.45) is 11.8 Å². The van der Waals surface area contributed by atoms with Gasteiger partial charge in [-0.3, -0.25) is 4.79 Å². The van der Waals surface area contributed by atoms with Crippen LogP contribution in [-0.2, 0) is 0 Å². The third-order valence-electron chi connectivity index (χ3n) is 4.14. The van der Waals surface area contributed by atoms with Crippen molar-refractivity contribution in [2.45, 2.75) is 39.2 Å². The van der Waals surface area contributed by atoms with Crippen molar-refractivity contribution in [1.29, 1.82) is 0 Å². The molecule has 0 aliphatic heterocycles. The summed E-state index contributed by atoms with van der Waals surface area (Å²) < 4.78 is 13.5. The van der Waals surface area contributed by atoms with Gasteiger partial charge in [0.25, 0.3) is 5.91 Å². The second-order valence-electron chi connectivity index (χ2n) is 5.33. The average molecular weight is 249 g/mol. The number of carbonyl (C=O) groups excluding carboxylic acids is 1. The van der Waals surface area contributed by atoms with E-state index < -0.39 is 5.82 Å². The number of nitrogens with one attached hydrogen (secondary N) is 1. The molecule has 0 bridgehead atoms. The highest BCUT2D eigenvalue weighted by Gasteiger charge is 2.28. The zero-order valence-corrected chi connectivity index (χ0v) is 10.9. The molecule has 2 rings (SSSR count). The van der Waals surface area contributed by atoms with Crippen LogP contribution in [0.1, 0.15) is 43.5 Å². The van der Waals surface area contributed by atoms with Crippen molar-refractivity contribution in [3.63, 3.8) is 0 Å². The first-order chi connectivity index (χ1) is 8.59. The van der Waals surface area contributed by atoms with Gasteiger partial charge in [0, 0.05) is 6.04 Å². The van der Waals surface area contributed by atoms with E-state index in [-0.39, 0.29) is 17.5 Å². The van der Waals surface area contributed by atoms with Crippen molar-refractivity contribution >= 4 is 5.91 Å². The number of hydrogen-bond acceptors (Lipinski definition) is 1. The first kappa shape index (κ1) is 13.1. The van der Waals surface area contributed by atoms with Crippen molar-refractivity contribution in [3.8, 4) is 0 Å². The van der Waals surface area contributed by atoms with Gasteiger partial charge in [-0.25, -0.2) is 4.39 Å². The Morgan fingerprint density at radius 3 is 2.72 bits per heavy atom. The summed E-state index contributed by atoms with van der Waals surface area (Å²) in [6.07, 6.45) is 3.34. The summed E-state index contributed by atoms with van der Waals surface area (Å²) in [5, 5.41) is 2.98. The van der Waals surface area contributed by atoms with E-state index in [9.17, 15) is 9.18 Å². The molecule has 0 spiro atoms. The SMILES string of the molecule is C[C@@H]1[C@H](C)CCC[C@@H]1NC(=O)c1ccccc1F. The van der Waals surface area contributed by atoms with Crippen LogP contribution in [0.4, 0.5) is 4.39 Å². The second kappa shape index (κ2) is 5.51. The maximum atomic E-state index is 13.5. The molecule has 1 saturated carbocycles. The van der Waals surface area contributed by atoms with Crippen LogP contribution in [0.3, 0.4) is 0 Å². The molecule has 98 valence electrons. The third-order valence-corrected chi connectivity index (χ3v) is 4.14. The summed E-state index contributed by atoms with van der Waals surface area (Å²) in [5.41, 5.74) is 0.142. The van der Waals surface area contributed by atoms with Gasteiger partial charge in [0.05, 0.1) is 5.56 Å². The number of carbonyl (C=O) groups is 1. The normalized spacial score (nSPS) is 27.8. The lowest BCUT2D eigenvalue weighted by Gasteiger charge is -2.34. The summed E-state index contributed by atoms with van der Waals surface area (Å²) in [7, 11) is 0. The Balaban J connectivity index is 2.05. The fourth-order valence-corrected chi connectivity index (χ4v) is 2.68. The van der Waals surface area contributed by atoms with Crippen LogP contribution in [-0.4, -0.2) is 11.9 Å². The summed E-state index contributed by atoms with van der Waals surface area (Å²) in [5.74, 6) is 0.324. The zero-order chi connectivity index (χ0) is 13.1. The highest BCUT2D eigenvalue weighted by atomic mass is 19.1. The Morgan fingerprint density at radius 2 is 2.00 bits per heavy atom. The standard InChI is InChI=1S/C15H20FNO/c1-10-6-5-9-14(11(10)2)17-15(18)12-7-3-4-8-13(12)16/h3-4,7-8,10-11,14H,5-6,9H2,1-2H3,(H,17,18)/t10-,11-,14+/m1/s1. The number of halogens is 1. The van der Waals surface area contributed by atoms with E-state index in [0.717, 1.165) is 12.8 Å². The van der Waals surface area contributed by atoms with Gasteiger partial charge in [0.15, 0.2) is 0 Å². The van der Waals surface area contributed by atoms with Gasteiger partial charge < -0.3 is 5.32 Å². The van der Waals surface area contributed by atoms with Gasteiger partial charge in [-0.15, -0.1) is 0 Å². The van der Waals surface area contributed by atoms with Gasteiger partial charge in [-0.2, -0.15) is 0 Å². The molecule has 1 aliphatic rings. The van der Waals surface area contributed by atoms with Crippen molar-refractivity contribution in [2.75, 3.05) is 0 Å². The predicted molar refractivity (Wildman–Crippen MR) is 69.8 cm³/mol. The van der Waals surface area contributed by atoms with Crippen LogP contribution >= 0.6 is 0 Å². The maximum Gasteiger partial charge on any atom is 0.254 e. The molecule has 1 aliphatic carbocycles. The molecule has 0 unspecified atom stereocenters. The van der Waals surface area contributed by atoms with E-state index in [1.165, 1.54) is 18.6 Å². The Hall–Kier alpha value is -1.38. The molecular weight excluding hydrogens is 229 g/mol. The quantitative estimate of drug-likeness (QED) is 0.855. The van der Waals surface area contributed by atoms with E-state index >= 15 is 0 Å². The molecule has 3 heteroatoms. The van der Waals surface area contributed by atoms with Gasteiger partial charge in [-0.1, -0.05) is 38.8 Å². The van der Waals surface area contributed by atoms with Crippen LogP contribution in [0.5, 0.6) is 0 Å². The number of amides is 1. The van der Waals surface area contributed by atoms with Crippen LogP contribution in [0.25, 0.3) is 0 Å². The van der Waals surface area contributed by atoms with Crippen molar-refractivity contribution in [1.82, 2.24) is 5.32 Å². The van der Waals surface area contributed by atoms with Gasteiger partial charge in [-0.05, 0) is 30.4 Å². The molecule has 3 atom stereocenters. The molecule has 0 heterocycles. The topological polar surface area (TPSA) is 29.1 Å². The highest BCUT2D eigenvalue weighted by molar-refractivity contribution is 5.94. The van der Waals surface area contributed by atoms with Crippen molar-refractivity contribution < 1.29 is 9.18 Å². The molecule has 1 aromatic carbocycles. The minimum absolute atomic E-state index is 0.142. The second-order valence-corrected chi connectivity index (χ2v) is 5.33. The van der Waals surface area contributed by atoms with Crippen molar-refractivity contribution in [3.05, 3.63) is 35.6 Å². The third kappa shape index (κ3) is 2.71. The molecule has 0 aromatic heterocycles. The number of benzene rings is 1. The van der Waals surface area contributed by atoms with Crippen LogP contribution in [0.15, 0.2) is 24.3 Å². The Bertz CT molecular complexity index is 432. The fourth-order valence-electron chi connectivity index (χ4n) is 2.68. The molecular formula is C15H20FNO. The average Bonchev–Trinajstić information content (AvgIpc) is 2.35.